The maximum absolute atomic E-state index is 13.0. The fraction of sp³-hybridized carbons (Fsp3) is 0.455. The Morgan fingerprint density at radius 1 is 1.04 bits per heavy atom. The molecule has 1 saturated carbocycles. The summed E-state index contributed by atoms with van der Waals surface area (Å²) in [5.74, 6) is 1.16. The molecule has 2 aromatic rings. The van der Waals surface area contributed by atoms with Crippen molar-refractivity contribution in [1.29, 1.82) is 0 Å². The van der Waals surface area contributed by atoms with Crippen molar-refractivity contribution in [2.24, 2.45) is 5.92 Å². The number of aliphatic hydroxyl groups is 1. The number of halogens is 2. The maximum atomic E-state index is 13.0. The van der Waals surface area contributed by atoms with Crippen LogP contribution in [0.4, 0.5) is 4.39 Å². The Kier molecular flexibility index (Phi) is 5.05. The summed E-state index contributed by atoms with van der Waals surface area (Å²) in [6.07, 6.45) is 3.93. The first-order chi connectivity index (χ1) is 12.5. The van der Waals surface area contributed by atoms with E-state index < -0.39 is 5.60 Å². The van der Waals surface area contributed by atoms with Crippen LogP contribution in [0.15, 0.2) is 48.5 Å². The molecule has 0 spiro atoms. The first-order valence-electron chi connectivity index (χ1n) is 9.50. The van der Waals surface area contributed by atoms with Crippen LogP contribution in [0.1, 0.15) is 42.7 Å². The van der Waals surface area contributed by atoms with Crippen LogP contribution in [0.3, 0.4) is 0 Å². The summed E-state index contributed by atoms with van der Waals surface area (Å²) in [5.41, 5.74) is 1.52. The lowest BCUT2D eigenvalue weighted by molar-refractivity contribution is -0.0262. The van der Waals surface area contributed by atoms with Crippen molar-refractivity contribution in [3.05, 3.63) is 70.5 Å². The Labute approximate surface area is 159 Å². The van der Waals surface area contributed by atoms with Gasteiger partial charge in [0, 0.05) is 18.1 Å². The third kappa shape index (κ3) is 3.95. The summed E-state index contributed by atoms with van der Waals surface area (Å²) in [4.78, 5) is 2.46. The van der Waals surface area contributed by atoms with Crippen LogP contribution in [-0.4, -0.2) is 29.6 Å². The largest absolute Gasteiger partial charge is 0.385 e. The van der Waals surface area contributed by atoms with Crippen molar-refractivity contribution in [3.63, 3.8) is 0 Å². The van der Waals surface area contributed by atoms with Crippen LogP contribution in [0.2, 0.25) is 5.02 Å². The highest BCUT2D eigenvalue weighted by Gasteiger charge is 2.39. The third-order valence-electron chi connectivity index (χ3n) is 6.10. The Morgan fingerprint density at radius 2 is 1.69 bits per heavy atom. The van der Waals surface area contributed by atoms with Gasteiger partial charge in [0.05, 0.1) is 5.60 Å². The molecule has 1 aliphatic carbocycles. The Morgan fingerprint density at radius 3 is 2.35 bits per heavy atom. The zero-order valence-corrected chi connectivity index (χ0v) is 15.6. The van der Waals surface area contributed by atoms with Gasteiger partial charge in [0.15, 0.2) is 0 Å². The fourth-order valence-electron chi connectivity index (χ4n) is 4.23. The normalized spacial score (nSPS) is 25.2. The van der Waals surface area contributed by atoms with Gasteiger partial charge in [-0.2, -0.15) is 0 Å². The van der Waals surface area contributed by atoms with E-state index in [1.165, 1.54) is 18.4 Å². The molecule has 1 N–H and O–H groups in total. The van der Waals surface area contributed by atoms with Crippen molar-refractivity contribution in [3.8, 4) is 0 Å². The predicted octanol–water partition coefficient (Wildman–Crippen LogP) is 4.96. The zero-order valence-electron chi connectivity index (χ0n) is 14.9. The van der Waals surface area contributed by atoms with Crippen LogP contribution >= 0.6 is 11.6 Å². The number of nitrogens with zero attached hydrogens (tertiary/aromatic N) is 1. The smallest absolute Gasteiger partial charge is 0.123 e. The average Bonchev–Trinajstić information content (AvgIpc) is 3.42. The molecule has 26 heavy (non-hydrogen) atoms. The summed E-state index contributed by atoms with van der Waals surface area (Å²) in [6.45, 7) is 2.93. The van der Waals surface area contributed by atoms with Crippen molar-refractivity contribution in [2.45, 2.75) is 37.2 Å². The van der Waals surface area contributed by atoms with E-state index in [1.54, 1.807) is 12.1 Å². The Balaban J connectivity index is 1.25. The van der Waals surface area contributed by atoms with E-state index in [4.69, 9.17) is 11.6 Å². The van der Waals surface area contributed by atoms with Crippen LogP contribution in [-0.2, 0) is 5.60 Å². The van der Waals surface area contributed by atoms with E-state index in [-0.39, 0.29) is 5.82 Å². The molecule has 1 aliphatic heterocycles. The SMILES string of the molecule is OC1(c2ccc(Cl)cc2)CCN(CC[C@H]2C[C@H]2c2ccc(F)cc2)CC1. The topological polar surface area (TPSA) is 23.5 Å². The monoisotopic (exact) mass is 373 g/mol. The van der Waals surface area contributed by atoms with Crippen LogP contribution < -0.4 is 0 Å². The third-order valence-corrected chi connectivity index (χ3v) is 6.35. The van der Waals surface area contributed by atoms with Crippen LogP contribution in [0.5, 0.6) is 0 Å². The molecule has 1 heterocycles. The number of hydrogen-bond donors (Lipinski definition) is 1. The molecule has 0 bridgehead atoms. The van der Waals surface area contributed by atoms with Gasteiger partial charge in [0.1, 0.15) is 5.82 Å². The van der Waals surface area contributed by atoms with Crippen molar-refractivity contribution in [2.75, 3.05) is 19.6 Å². The van der Waals surface area contributed by atoms with Gasteiger partial charge in [-0.25, -0.2) is 4.39 Å². The average molecular weight is 374 g/mol. The summed E-state index contributed by atoms with van der Waals surface area (Å²) < 4.78 is 13.0. The number of hydrogen-bond acceptors (Lipinski definition) is 2. The Bertz CT molecular complexity index is 738. The zero-order chi connectivity index (χ0) is 18.1. The van der Waals surface area contributed by atoms with E-state index in [1.807, 2.05) is 36.4 Å². The highest BCUT2D eigenvalue weighted by molar-refractivity contribution is 6.30. The second-order valence-corrected chi connectivity index (χ2v) is 8.26. The minimum Gasteiger partial charge on any atom is -0.385 e. The molecular weight excluding hydrogens is 349 g/mol. The minimum absolute atomic E-state index is 0.160. The Hall–Kier alpha value is -1.42. The lowest BCUT2D eigenvalue weighted by atomic mass is 9.84. The van der Waals surface area contributed by atoms with Gasteiger partial charge < -0.3 is 10.0 Å². The van der Waals surface area contributed by atoms with Gasteiger partial charge in [0.25, 0.3) is 0 Å². The standard InChI is InChI=1S/C22H25ClFNO/c23-19-5-3-18(4-6-19)22(26)10-13-25(14-11-22)12-9-17-15-21(17)16-1-7-20(24)8-2-16/h1-8,17,21,26H,9-15H2/t17-,21-/m0/s1. The summed E-state index contributed by atoms with van der Waals surface area (Å²) >= 11 is 5.95. The highest BCUT2D eigenvalue weighted by Crippen LogP contribution is 2.49. The molecule has 1 saturated heterocycles. The number of benzene rings is 2. The van der Waals surface area contributed by atoms with Gasteiger partial charge in [-0.05, 0) is 79.5 Å². The molecule has 2 atom stereocenters. The lowest BCUT2D eigenvalue weighted by Crippen LogP contribution is -2.42. The fourth-order valence-corrected chi connectivity index (χ4v) is 4.35. The van der Waals surface area contributed by atoms with E-state index in [9.17, 15) is 9.50 Å². The molecule has 2 aromatic carbocycles. The quantitative estimate of drug-likeness (QED) is 0.801. The molecule has 4 rings (SSSR count). The van der Waals surface area contributed by atoms with Gasteiger partial charge >= 0.3 is 0 Å². The predicted molar refractivity (Wildman–Crippen MR) is 103 cm³/mol. The summed E-state index contributed by atoms with van der Waals surface area (Å²) in [6, 6.07) is 14.6. The molecule has 2 aliphatic rings. The van der Waals surface area contributed by atoms with Gasteiger partial charge in [-0.15, -0.1) is 0 Å². The minimum atomic E-state index is -0.725. The molecule has 2 nitrogen and oxygen atoms in total. The number of likely N-dealkylation sites (tertiary alicyclic amines) is 1. The first kappa shape index (κ1) is 18.0. The molecule has 4 heteroatoms. The lowest BCUT2D eigenvalue weighted by Gasteiger charge is -2.38. The maximum Gasteiger partial charge on any atom is 0.123 e. The van der Waals surface area contributed by atoms with Crippen molar-refractivity contribution in [1.82, 2.24) is 4.90 Å². The summed E-state index contributed by atoms with van der Waals surface area (Å²) in [7, 11) is 0. The van der Waals surface area contributed by atoms with E-state index in [0.717, 1.165) is 44.0 Å². The van der Waals surface area contributed by atoms with Crippen LogP contribution in [0, 0.1) is 11.7 Å². The molecule has 138 valence electrons. The van der Waals surface area contributed by atoms with Crippen molar-refractivity contribution >= 4 is 11.6 Å². The molecule has 0 radical (unpaired) electrons. The number of rotatable bonds is 5. The van der Waals surface area contributed by atoms with E-state index >= 15 is 0 Å². The van der Waals surface area contributed by atoms with Crippen molar-refractivity contribution < 1.29 is 9.50 Å². The van der Waals surface area contributed by atoms with Crippen LogP contribution in [0.25, 0.3) is 0 Å². The number of piperidine rings is 1. The van der Waals surface area contributed by atoms with Gasteiger partial charge in [-0.3, -0.25) is 0 Å². The van der Waals surface area contributed by atoms with Gasteiger partial charge in [-0.1, -0.05) is 35.9 Å². The van der Waals surface area contributed by atoms with Gasteiger partial charge in [0.2, 0.25) is 0 Å². The van der Waals surface area contributed by atoms with E-state index in [2.05, 4.69) is 4.90 Å². The highest BCUT2D eigenvalue weighted by atomic mass is 35.5. The molecular formula is C22H25ClFNO. The first-order valence-corrected chi connectivity index (χ1v) is 9.87. The molecule has 0 amide bonds. The second kappa shape index (κ2) is 7.30. The second-order valence-electron chi connectivity index (χ2n) is 7.82. The molecule has 0 aromatic heterocycles. The molecule has 2 fully saturated rings. The van der Waals surface area contributed by atoms with E-state index in [0.29, 0.717) is 10.9 Å². The molecule has 0 unspecified atom stereocenters. The summed E-state index contributed by atoms with van der Waals surface area (Å²) in [5, 5.41) is 11.7.